The van der Waals surface area contributed by atoms with Gasteiger partial charge in [-0.3, -0.25) is 10.0 Å². The molecule has 0 aliphatic carbocycles. The number of hydrogen-bond acceptors (Lipinski definition) is 2. The van der Waals surface area contributed by atoms with Crippen molar-refractivity contribution in [2.45, 2.75) is 32.7 Å². The molecule has 3 nitrogen and oxygen atoms in total. The first-order valence-electron chi connectivity index (χ1n) is 3.78. The topological polar surface area (TPSA) is 40.5 Å². The molecule has 0 aromatic heterocycles. The minimum atomic E-state index is -0.439. The predicted octanol–water partition coefficient (Wildman–Crippen LogP) is 1.58. The van der Waals surface area contributed by atoms with E-state index in [0.717, 1.165) is 24.0 Å². The summed E-state index contributed by atoms with van der Waals surface area (Å²) in [4.78, 5) is 10.8. The third-order valence-electron chi connectivity index (χ3n) is 1.52. The fourth-order valence-corrected chi connectivity index (χ4v) is 0.851. The standard InChI is InChI=1S/C8H15NO2/c1-4-6-7(3)9(11)8(10)5-2/h5,7,11H,2,4,6H2,1,3H3. The third-order valence-corrected chi connectivity index (χ3v) is 1.52. The van der Waals surface area contributed by atoms with E-state index in [2.05, 4.69) is 6.58 Å². The van der Waals surface area contributed by atoms with Crippen molar-refractivity contribution in [2.24, 2.45) is 0 Å². The molecule has 0 saturated heterocycles. The summed E-state index contributed by atoms with van der Waals surface area (Å²) < 4.78 is 0. The molecule has 1 N–H and O–H groups in total. The zero-order valence-electron chi connectivity index (χ0n) is 7.08. The molecule has 0 radical (unpaired) electrons. The van der Waals surface area contributed by atoms with Crippen LogP contribution in [0, 0.1) is 0 Å². The largest absolute Gasteiger partial charge is 0.285 e. The van der Waals surface area contributed by atoms with Gasteiger partial charge in [-0.2, -0.15) is 0 Å². The molecule has 3 heteroatoms. The number of amides is 1. The maximum atomic E-state index is 10.8. The second-order valence-electron chi connectivity index (χ2n) is 2.52. The van der Waals surface area contributed by atoms with Gasteiger partial charge in [0.2, 0.25) is 0 Å². The third kappa shape index (κ3) is 3.18. The van der Waals surface area contributed by atoms with E-state index in [4.69, 9.17) is 5.21 Å². The van der Waals surface area contributed by atoms with E-state index in [1.54, 1.807) is 6.92 Å². The molecule has 64 valence electrons. The van der Waals surface area contributed by atoms with E-state index in [-0.39, 0.29) is 6.04 Å². The molecule has 0 saturated carbocycles. The van der Waals surface area contributed by atoms with Gasteiger partial charge in [0.05, 0.1) is 6.04 Å². The zero-order valence-corrected chi connectivity index (χ0v) is 7.08. The molecule has 0 heterocycles. The normalized spacial score (nSPS) is 12.3. The lowest BCUT2D eigenvalue weighted by Crippen LogP contribution is -2.34. The van der Waals surface area contributed by atoms with Gasteiger partial charge in [0.25, 0.3) is 5.91 Å². The highest BCUT2D eigenvalue weighted by molar-refractivity contribution is 5.86. The van der Waals surface area contributed by atoms with Gasteiger partial charge in [0.15, 0.2) is 0 Å². The van der Waals surface area contributed by atoms with Crippen LogP contribution in [-0.4, -0.2) is 22.2 Å². The van der Waals surface area contributed by atoms with Crippen LogP contribution in [0.25, 0.3) is 0 Å². The number of carbonyl (C=O) groups is 1. The van der Waals surface area contributed by atoms with Gasteiger partial charge in [-0.15, -0.1) is 0 Å². The monoisotopic (exact) mass is 157 g/mol. The lowest BCUT2D eigenvalue weighted by atomic mass is 10.2. The summed E-state index contributed by atoms with van der Waals surface area (Å²) in [5.74, 6) is -0.439. The molecule has 1 atom stereocenters. The Kier molecular flexibility index (Phi) is 4.54. The van der Waals surface area contributed by atoms with Gasteiger partial charge >= 0.3 is 0 Å². The number of hydrogen-bond donors (Lipinski definition) is 1. The predicted molar refractivity (Wildman–Crippen MR) is 43.2 cm³/mol. The second-order valence-corrected chi connectivity index (χ2v) is 2.52. The molecule has 0 fully saturated rings. The van der Waals surface area contributed by atoms with Crippen LogP contribution in [-0.2, 0) is 4.79 Å². The van der Waals surface area contributed by atoms with Crippen LogP contribution in [0.4, 0.5) is 0 Å². The fourth-order valence-electron chi connectivity index (χ4n) is 0.851. The Bertz CT molecular complexity index is 145. The van der Waals surface area contributed by atoms with E-state index in [0.29, 0.717) is 0 Å². The maximum Gasteiger partial charge on any atom is 0.269 e. The number of carbonyl (C=O) groups excluding carboxylic acids is 1. The van der Waals surface area contributed by atoms with Crippen LogP contribution >= 0.6 is 0 Å². The highest BCUT2D eigenvalue weighted by atomic mass is 16.5. The van der Waals surface area contributed by atoms with E-state index in [9.17, 15) is 4.79 Å². The first kappa shape index (κ1) is 10.2. The van der Waals surface area contributed by atoms with Crippen molar-refractivity contribution in [3.8, 4) is 0 Å². The van der Waals surface area contributed by atoms with Gasteiger partial charge < -0.3 is 0 Å². The van der Waals surface area contributed by atoms with Gasteiger partial charge in [-0.1, -0.05) is 19.9 Å². The van der Waals surface area contributed by atoms with Crippen molar-refractivity contribution in [3.05, 3.63) is 12.7 Å². The van der Waals surface area contributed by atoms with Gasteiger partial charge in [0.1, 0.15) is 0 Å². The summed E-state index contributed by atoms with van der Waals surface area (Å²) in [6.07, 6.45) is 2.85. The van der Waals surface area contributed by atoms with Crippen molar-refractivity contribution in [2.75, 3.05) is 0 Å². The SMILES string of the molecule is C=CC(=O)N(O)C(C)CCC. The van der Waals surface area contributed by atoms with Gasteiger partial charge in [-0.25, -0.2) is 5.06 Å². The van der Waals surface area contributed by atoms with Crippen molar-refractivity contribution < 1.29 is 10.0 Å². The van der Waals surface area contributed by atoms with E-state index >= 15 is 0 Å². The van der Waals surface area contributed by atoms with E-state index in [1.807, 2.05) is 6.92 Å². The molecule has 1 unspecified atom stereocenters. The Balaban J connectivity index is 3.89. The Labute approximate surface area is 67.3 Å². The number of nitrogens with zero attached hydrogens (tertiary/aromatic N) is 1. The molecule has 1 amide bonds. The lowest BCUT2D eigenvalue weighted by Gasteiger charge is -2.20. The minimum Gasteiger partial charge on any atom is -0.285 e. The van der Waals surface area contributed by atoms with Crippen LogP contribution in [0.3, 0.4) is 0 Å². The molecule has 0 aliphatic rings. The molecule has 0 rings (SSSR count). The van der Waals surface area contributed by atoms with E-state index < -0.39 is 5.91 Å². The summed E-state index contributed by atoms with van der Waals surface area (Å²) >= 11 is 0. The van der Waals surface area contributed by atoms with Crippen molar-refractivity contribution >= 4 is 5.91 Å². The molecule has 11 heavy (non-hydrogen) atoms. The summed E-state index contributed by atoms with van der Waals surface area (Å²) in [6.45, 7) is 7.07. The first-order valence-corrected chi connectivity index (χ1v) is 3.78. The van der Waals surface area contributed by atoms with Crippen LogP contribution < -0.4 is 0 Å². The zero-order chi connectivity index (χ0) is 8.85. The van der Waals surface area contributed by atoms with Crippen molar-refractivity contribution in [1.82, 2.24) is 5.06 Å². The van der Waals surface area contributed by atoms with Gasteiger partial charge in [-0.05, 0) is 19.4 Å². The smallest absolute Gasteiger partial charge is 0.269 e. The van der Waals surface area contributed by atoms with Gasteiger partial charge in [0, 0.05) is 0 Å². The van der Waals surface area contributed by atoms with Crippen molar-refractivity contribution in [1.29, 1.82) is 0 Å². The van der Waals surface area contributed by atoms with Crippen LogP contribution in [0.2, 0.25) is 0 Å². The molecule has 0 aromatic carbocycles. The Hall–Kier alpha value is -0.830. The number of rotatable bonds is 4. The second kappa shape index (κ2) is 4.91. The molecule has 0 spiro atoms. The highest BCUT2D eigenvalue weighted by Crippen LogP contribution is 2.03. The van der Waals surface area contributed by atoms with Crippen molar-refractivity contribution in [3.63, 3.8) is 0 Å². The Morgan fingerprint density at radius 2 is 2.36 bits per heavy atom. The molecule has 0 aliphatic heterocycles. The highest BCUT2D eigenvalue weighted by Gasteiger charge is 2.13. The fraction of sp³-hybridized carbons (Fsp3) is 0.625. The Morgan fingerprint density at radius 1 is 1.82 bits per heavy atom. The van der Waals surface area contributed by atoms with Crippen LogP contribution in [0.5, 0.6) is 0 Å². The first-order chi connectivity index (χ1) is 5.13. The molecule has 0 bridgehead atoms. The maximum absolute atomic E-state index is 10.8. The summed E-state index contributed by atoms with van der Waals surface area (Å²) in [5.41, 5.74) is 0. The number of hydroxylamine groups is 2. The quantitative estimate of drug-likeness (QED) is 0.382. The summed E-state index contributed by atoms with van der Waals surface area (Å²) in [7, 11) is 0. The average Bonchev–Trinajstić information content (AvgIpc) is 2.02. The summed E-state index contributed by atoms with van der Waals surface area (Å²) in [5, 5.41) is 9.85. The Morgan fingerprint density at radius 3 is 2.73 bits per heavy atom. The molecule has 0 aromatic rings. The lowest BCUT2D eigenvalue weighted by molar-refractivity contribution is -0.168. The van der Waals surface area contributed by atoms with Crippen LogP contribution in [0.1, 0.15) is 26.7 Å². The molecular weight excluding hydrogens is 142 g/mol. The minimum absolute atomic E-state index is 0.120. The van der Waals surface area contributed by atoms with E-state index in [1.165, 1.54) is 0 Å². The average molecular weight is 157 g/mol. The van der Waals surface area contributed by atoms with Crippen LogP contribution in [0.15, 0.2) is 12.7 Å². The molecular formula is C8H15NO2. The summed E-state index contributed by atoms with van der Waals surface area (Å²) in [6, 6.07) is -0.120.